The number of urea groups is 1. The first-order valence-electron chi connectivity index (χ1n) is 10.1. The highest BCUT2D eigenvalue weighted by molar-refractivity contribution is 5.91. The van der Waals surface area contributed by atoms with Crippen LogP contribution in [0.2, 0.25) is 0 Å². The van der Waals surface area contributed by atoms with Crippen LogP contribution in [0.25, 0.3) is 0 Å². The number of benzene rings is 1. The Bertz CT molecular complexity index is 718. The minimum Gasteiger partial charge on any atom is -0.495 e. The van der Waals surface area contributed by atoms with Crippen molar-refractivity contribution in [2.45, 2.75) is 38.5 Å². The van der Waals surface area contributed by atoms with E-state index in [0.29, 0.717) is 29.7 Å². The molecular weight excluding hydrogens is 342 g/mol. The third kappa shape index (κ3) is 4.04. The van der Waals surface area contributed by atoms with E-state index in [4.69, 9.17) is 4.74 Å². The summed E-state index contributed by atoms with van der Waals surface area (Å²) in [6.07, 6.45) is 6.11. The quantitative estimate of drug-likeness (QED) is 0.883. The number of hydrogen-bond donors (Lipinski definition) is 1. The van der Waals surface area contributed by atoms with Gasteiger partial charge in [-0.15, -0.1) is 0 Å². The summed E-state index contributed by atoms with van der Waals surface area (Å²) in [5.41, 5.74) is 0.748. The van der Waals surface area contributed by atoms with Gasteiger partial charge in [0.2, 0.25) is 5.91 Å². The zero-order chi connectivity index (χ0) is 18.9. The fourth-order valence-electron chi connectivity index (χ4n) is 4.54. The molecule has 1 aromatic carbocycles. The second-order valence-electron chi connectivity index (χ2n) is 8.37. The van der Waals surface area contributed by atoms with Crippen LogP contribution in [0.15, 0.2) is 24.3 Å². The minimum atomic E-state index is -0.0794. The van der Waals surface area contributed by atoms with Crippen molar-refractivity contribution in [3.63, 3.8) is 0 Å². The van der Waals surface area contributed by atoms with Crippen molar-refractivity contribution in [2.75, 3.05) is 38.6 Å². The van der Waals surface area contributed by atoms with Gasteiger partial charge in [0.1, 0.15) is 5.75 Å². The van der Waals surface area contributed by atoms with Crippen molar-refractivity contribution in [1.29, 1.82) is 0 Å². The summed E-state index contributed by atoms with van der Waals surface area (Å²) in [7, 11) is 1.61. The van der Waals surface area contributed by atoms with Crippen LogP contribution in [0.5, 0.6) is 5.75 Å². The Kier molecular flexibility index (Phi) is 4.98. The number of anilines is 1. The van der Waals surface area contributed by atoms with Gasteiger partial charge in [0.05, 0.1) is 12.8 Å². The van der Waals surface area contributed by atoms with Gasteiger partial charge in [0.15, 0.2) is 0 Å². The number of nitrogens with zero attached hydrogens (tertiary/aromatic N) is 2. The maximum atomic E-state index is 12.9. The standard InChI is InChI=1S/C21H29N3O3/c1-27-18-6-3-2-5-17(18)22-20(26)23-12-4-10-21(14-23)11-9-19(25)24(15-21)13-16-7-8-16/h2-3,5-6,16H,4,7-15H2,1H3,(H,22,26)/t21-/m0/s1. The molecule has 3 aliphatic rings. The number of piperidine rings is 2. The van der Waals surface area contributed by atoms with E-state index in [-0.39, 0.29) is 11.4 Å². The first-order chi connectivity index (χ1) is 13.1. The molecule has 1 spiro atoms. The van der Waals surface area contributed by atoms with Gasteiger partial charge < -0.3 is 19.9 Å². The molecular formula is C21H29N3O3. The van der Waals surface area contributed by atoms with E-state index in [9.17, 15) is 9.59 Å². The normalized spacial score (nSPS) is 25.6. The number of ether oxygens (including phenoxy) is 1. The average Bonchev–Trinajstić information content (AvgIpc) is 3.49. The molecule has 2 saturated heterocycles. The molecule has 1 N–H and O–H groups in total. The van der Waals surface area contributed by atoms with Crippen LogP contribution >= 0.6 is 0 Å². The van der Waals surface area contributed by atoms with Crippen molar-refractivity contribution in [1.82, 2.24) is 9.80 Å². The lowest BCUT2D eigenvalue weighted by Gasteiger charge is -2.48. The first kappa shape index (κ1) is 18.1. The zero-order valence-electron chi connectivity index (χ0n) is 16.1. The highest BCUT2D eigenvalue weighted by Crippen LogP contribution is 2.41. The fourth-order valence-corrected chi connectivity index (χ4v) is 4.54. The molecule has 3 fully saturated rings. The Morgan fingerprint density at radius 1 is 1.26 bits per heavy atom. The molecule has 1 aromatic rings. The summed E-state index contributed by atoms with van der Waals surface area (Å²) in [5, 5.41) is 3.00. The summed E-state index contributed by atoms with van der Waals surface area (Å²) >= 11 is 0. The van der Waals surface area contributed by atoms with Gasteiger partial charge in [-0.2, -0.15) is 0 Å². The zero-order valence-corrected chi connectivity index (χ0v) is 16.1. The Labute approximate surface area is 160 Å². The molecule has 0 unspecified atom stereocenters. The largest absolute Gasteiger partial charge is 0.495 e. The monoisotopic (exact) mass is 371 g/mol. The first-order valence-corrected chi connectivity index (χ1v) is 10.1. The number of nitrogens with one attached hydrogen (secondary N) is 1. The second kappa shape index (κ2) is 7.41. The average molecular weight is 371 g/mol. The Morgan fingerprint density at radius 2 is 2.07 bits per heavy atom. The fraction of sp³-hybridized carbons (Fsp3) is 0.619. The smallest absolute Gasteiger partial charge is 0.321 e. The van der Waals surface area contributed by atoms with Gasteiger partial charge in [-0.3, -0.25) is 4.79 Å². The van der Waals surface area contributed by atoms with E-state index in [1.807, 2.05) is 29.2 Å². The van der Waals surface area contributed by atoms with E-state index < -0.39 is 0 Å². The lowest BCUT2D eigenvalue weighted by molar-refractivity contribution is -0.139. The third-order valence-electron chi connectivity index (χ3n) is 6.22. The van der Waals surface area contributed by atoms with Crippen molar-refractivity contribution in [3.8, 4) is 5.75 Å². The summed E-state index contributed by atoms with van der Waals surface area (Å²) in [6, 6.07) is 7.39. The van der Waals surface area contributed by atoms with Crippen molar-refractivity contribution < 1.29 is 14.3 Å². The molecule has 0 aromatic heterocycles. The number of likely N-dealkylation sites (tertiary alicyclic amines) is 2. The van der Waals surface area contributed by atoms with Gasteiger partial charge in [-0.25, -0.2) is 4.79 Å². The van der Waals surface area contributed by atoms with Crippen LogP contribution in [0.1, 0.15) is 38.5 Å². The minimum absolute atomic E-state index is 0.0547. The van der Waals surface area contributed by atoms with Crippen molar-refractivity contribution >= 4 is 17.6 Å². The van der Waals surface area contributed by atoms with Crippen LogP contribution in [0.4, 0.5) is 10.5 Å². The Morgan fingerprint density at radius 3 is 2.85 bits per heavy atom. The van der Waals surface area contributed by atoms with E-state index >= 15 is 0 Å². The Hall–Kier alpha value is -2.24. The Balaban J connectivity index is 1.42. The molecule has 1 saturated carbocycles. The highest BCUT2D eigenvalue weighted by Gasteiger charge is 2.43. The number of hydrogen-bond acceptors (Lipinski definition) is 3. The number of methoxy groups -OCH3 is 1. The molecule has 2 aliphatic heterocycles. The van der Waals surface area contributed by atoms with E-state index in [1.165, 1.54) is 12.8 Å². The summed E-state index contributed by atoms with van der Waals surface area (Å²) < 4.78 is 5.33. The number of rotatable bonds is 4. The van der Waals surface area contributed by atoms with E-state index in [2.05, 4.69) is 10.2 Å². The molecule has 1 aliphatic carbocycles. The summed E-state index contributed by atoms with van der Waals surface area (Å²) in [5.74, 6) is 1.66. The van der Waals surface area contributed by atoms with Gasteiger partial charge in [-0.05, 0) is 50.2 Å². The molecule has 0 bridgehead atoms. The van der Waals surface area contributed by atoms with Crippen LogP contribution in [0, 0.1) is 11.3 Å². The molecule has 27 heavy (non-hydrogen) atoms. The molecule has 6 heteroatoms. The van der Waals surface area contributed by atoms with E-state index in [1.54, 1.807) is 7.11 Å². The lowest BCUT2D eigenvalue weighted by Crippen LogP contribution is -2.56. The van der Waals surface area contributed by atoms with E-state index in [0.717, 1.165) is 45.4 Å². The highest BCUT2D eigenvalue weighted by atomic mass is 16.5. The molecule has 6 nitrogen and oxygen atoms in total. The molecule has 3 amide bonds. The predicted octanol–water partition coefficient (Wildman–Crippen LogP) is 3.34. The predicted molar refractivity (Wildman–Crippen MR) is 104 cm³/mol. The summed E-state index contributed by atoms with van der Waals surface area (Å²) in [6.45, 7) is 3.20. The molecule has 146 valence electrons. The van der Waals surface area contributed by atoms with Gasteiger partial charge >= 0.3 is 6.03 Å². The van der Waals surface area contributed by atoms with Crippen LogP contribution < -0.4 is 10.1 Å². The number of carbonyl (C=O) groups excluding carboxylic acids is 2. The maximum absolute atomic E-state index is 12.9. The van der Waals surface area contributed by atoms with Crippen LogP contribution in [-0.4, -0.2) is 55.0 Å². The number of carbonyl (C=O) groups is 2. The molecule has 1 atom stereocenters. The molecule has 2 heterocycles. The van der Waals surface area contributed by atoms with Gasteiger partial charge in [0.25, 0.3) is 0 Å². The topological polar surface area (TPSA) is 61.9 Å². The van der Waals surface area contributed by atoms with Crippen LogP contribution in [0.3, 0.4) is 0 Å². The molecule has 0 radical (unpaired) electrons. The van der Waals surface area contributed by atoms with Crippen molar-refractivity contribution in [3.05, 3.63) is 24.3 Å². The maximum Gasteiger partial charge on any atom is 0.321 e. The van der Waals surface area contributed by atoms with Crippen molar-refractivity contribution in [2.24, 2.45) is 11.3 Å². The SMILES string of the molecule is COc1ccccc1NC(=O)N1CCC[C@]2(CCC(=O)N(CC3CC3)C2)C1. The van der Waals surface area contributed by atoms with Crippen LogP contribution in [-0.2, 0) is 4.79 Å². The second-order valence-corrected chi connectivity index (χ2v) is 8.37. The number of amides is 3. The van der Waals surface area contributed by atoms with Gasteiger partial charge in [0, 0.05) is 38.0 Å². The number of para-hydroxylation sites is 2. The lowest BCUT2D eigenvalue weighted by atomic mass is 9.73. The third-order valence-corrected chi connectivity index (χ3v) is 6.22. The van der Waals surface area contributed by atoms with Gasteiger partial charge in [-0.1, -0.05) is 12.1 Å². The molecule has 4 rings (SSSR count). The summed E-state index contributed by atoms with van der Waals surface area (Å²) in [4.78, 5) is 29.2.